The zero-order valence-electron chi connectivity index (χ0n) is 17.7. The van der Waals surface area contributed by atoms with Crippen LogP contribution >= 0.6 is 0 Å². The predicted molar refractivity (Wildman–Crippen MR) is 119 cm³/mol. The Kier molecular flexibility index (Phi) is 5.29. The molecule has 3 aromatic heterocycles. The first kappa shape index (κ1) is 21.1. The number of hydrogen-bond acceptors (Lipinski definition) is 8. The summed E-state index contributed by atoms with van der Waals surface area (Å²) >= 11 is 0. The lowest BCUT2D eigenvalue weighted by molar-refractivity contribution is -0.141. The molecule has 0 amide bonds. The first-order chi connectivity index (χ1) is 15.9. The molecule has 0 radical (unpaired) electrons. The van der Waals surface area contributed by atoms with Gasteiger partial charge in [0.05, 0.1) is 23.0 Å². The molecule has 10 heteroatoms. The minimum atomic E-state index is -3.41. The van der Waals surface area contributed by atoms with Crippen LogP contribution in [0, 0.1) is 0 Å². The van der Waals surface area contributed by atoms with Crippen molar-refractivity contribution < 1.29 is 22.7 Å². The van der Waals surface area contributed by atoms with E-state index >= 15 is 0 Å². The fourth-order valence-corrected chi connectivity index (χ4v) is 4.43. The van der Waals surface area contributed by atoms with Crippen LogP contribution in [0.25, 0.3) is 22.6 Å². The molecule has 1 saturated heterocycles. The van der Waals surface area contributed by atoms with Gasteiger partial charge in [-0.05, 0) is 36.8 Å². The Hall–Kier alpha value is -3.79. The number of H-pyrrole nitrogens is 1. The molecule has 9 nitrogen and oxygen atoms in total. The van der Waals surface area contributed by atoms with E-state index in [1.54, 1.807) is 25.3 Å². The second-order valence-electron chi connectivity index (χ2n) is 7.56. The van der Waals surface area contributed by atoms with E-state index in [2.05, 4.69) is 19.9 Å². The van der Waals surface area contributed by atoms with Gasteiger partial charge >= 0.3 is 5.97 Å². The van der Waals surface area contributed by atoms with E-state index in [4.69, 9.17) is 9.47 Å². The van der Waals surface area contributed by atoms with Gasteiger partial charge in [0.25, 0.3) is 0 Å². The number of ether oxygens (including phenoxy) is 2. The summed E-state index contributed by atoms with van der Waals surface area (Å²) in [7, 11) is -3.41. The van der Waals surface area contributed by atoms with Gasteiger partial charge in [0.2, 0.25) is 0 Å². The summed E-state index contributed by atoms with van der Waals surface area (Å²) in [6.07, 6.45) is 3.46. The molecule has 1 N–H and O–H groups in total. The number of sulfone groups is 1. The first-order valence-corrected chi connectivity index (χ1v) is 12.1. The highest BCUT2D eigenvalue weighted by atomic mass is 32.2. The highest BCUT2D eigenvalue weighted by Crippen LogP contribution is 2.39. The summed E-state index contributed by atoms with van der Waals surface area (Å²) in [5.74, 6) is 1.12. The van der Waals surface area contributed by atoms with Crippen molar-refractivity contribution in [1.29, 1.82) is 0 Å². The molecular formula is C23H20N4O5S. The summed E-state index contributed by atoms with van der Waals surface area (Å²) in [5, 5.41) is -0.00921. The van der Waals surface area contributed by atoms with Gasteiger partial charge in [-0.25, -0.2) is 18.4 Å². The number of esters is 1. The van der Waals surface area contributed by atoms with Crippen molar-refractivity contribution >= 4 is 26.8 Å². The molecule has 1 fully saturated rings. The van der Waals surface area contributed by atoms with Crippen LogP contribution in [-0.2, 0) is 19.4 Å². The first-order valence-electron chi connectivity index (χ1n) is 10.4. The Labute approximate surface area is 189 Å². The van der Waals surface area contributed by atoms with Crippen molar-refractivity contribution in [3.05, 3.63) is 60.4 Å². The minimum absolute atomic E-state index is 0.00921. The smallest absolute Gasteiger partial charge is 0.306 e. The third kappa shape index (κ3) is 4.17. The van der Waals surface area contributed by atoms with E-state index < -0.39 is 15.9 Å². The van der Waals surface area contributed by atoms with Crippen molar-refractivity contribution in [1.82, 2.24) is 19.9 Å². The molecule has 0 aliphatic carbocycles. The highest BCUT2D eigenvalue weighted by Gasteiger charge is 2.29. The zero-order valence-corrected chi connectivity index (χ0v) is 18.5. The van der Waals surface area contributed by atoms with Crippen LogP contribution in [0.15, 0.2) is 59.9 Å². The number of rotatable bonds is 6. The van der Waals surface area contributed by atoms with Gasteiger partial charge in [-0.1, -0.05) is 13.0 Å². The van der Waals surface area contributed by atoms with E-state index in [1.807, 2.05) is 24.3 Å². The highest BCUT2D eigenvalue weighted by molar-refractivity contribution is 7.91. The van der Waals surface area contributed by atoms with E-state index in [1.165, 1.54) is 12.3 Å². The van der Waals surface area contributed by atoms with Gasteiger partial charge in [0.1, 0.15) is 23.3 Å². The maximum absolute atomic E-state index is 12.0. The number of imidazole rings is 1. The second-order valence-corrected chi connectivity index (χ2v) is 9.79. The molecule has 0 bridgehead atoms. The van der Waals surface area contributed by atoms with E-state index in [-0.39, 0.29) is 16.7 Å². The third-order valence-electron chi connectivity index (χ3n) is 5.39. The molecule has 33 heavy (non-hydrogen) atoms. The zero-order chi connectivity index (χ0) is 23.0. The van der Waals surface area contributed by atoms with Gasteiger partial charge < -0.3 is 14.5 Å². The second kappa shape index (κ2) is 8.28. The molecule has 0 unspecified atom stereocenters. The van der Waals surface area contributed by atoms with Crippen molar-refractivity contribution in [3.63, 3.8) is 0 Å². The van der Waals surface area contributed by atoms with Crippen LogP contribution in [0.2, 0.25) is 0 Å². The van der Waals surface area contributed by atoms with Gasteiger partial charge in [-0.15, -0.1) is 0 Å². The van der Waals surface area contributed by atoms with Gasteiger partial charge in [0, 0.05) is 24.2 Å². The largest absolute Gasteiger partial charge is 0.457 e. The van der Waals surface area contributed by atoms with Gasteiger partial charge in [-0.3, -0.25) is 9.78 Å². The number of benzene rings is 1. The quantitative estimate of drug-likeness (QED) is 0.425. The number of carbonyl (C=O) groups is 1. The molecule has 168 valence electrons. The summed E-state index contributed by atoms with van der Waals surface area (Å²) < 4.78 is 35.6. The number of aromatic amines is 1. The summed E-state index contributed by atoms with van der Waals surface area (Å²) in [6.45, 7) is 1.56. The Morgan fingerprint density at radius 1 is 1.18 bits per heavy atom. The lowest BCUT2D eigenvalue weighted by atomic mass is 10.0. The number of nitrogens with zero attached hydrogens (tertiary/aromatic N) is 3. The number of fused-ring (bicyclic) bond motifs is 1. The topological polar surface area (TPSA) is 124 Å². The molecule has 0 spiro atoms. The molecule has 0 saturated carbocycles. The Bertz CT molecular complexity index is 1430. The monoisotopic (exact) mass is 464 g/mol. The molecule has 1 aliphatic heterocycles. The maximum Gasteiger partial charge on any atom is 0.306 e. The predicted octanol–water partition coefficient (Wildman–Crippen LogP) is 3.98. The fourth-order valence-electron chi connectivity index (χ4n) is 3.65. The number of hydrogen-bond donors (Lipinski definition) is 1. The van der Waals surface area contributed by atoms with Crippen LogP contribution in [-0.4, -0.2) is 40.1 Å². The van der Waals surface area contributed by atoms with Crippen LogP contribution in [0.3, 0.4) is 0 Å². The van der Waals surface area contributed by atoms with E-state index in [0.29, 0.717) is 46.9 Å². The number of cyclic esters (lactones) is 1. The molecular weight excluding hydrogens is 444 g/mol. The van der Waals surface area contributed by atoms with E-state index in [0.717, 1.165) is 5.52 Å². The third-order valence-corrected chi connectivity index (χ3v) is 7.03. The Balaban J connectivity index is 1.55. The van der Waals surface area contributed by atoms with Crippen LogP contribution in [0.5, 0.6) is 11.5 Å². The van der Waals surface area contributed by atoms with Gasteiger partial charge in [-0.2, -0.15) is 0 Å². The van der Waals surface area contributed by atoms with Gasteiger partial charge in [0.15, 0.2) is 20.7 Å². The molecule has 1 aliphatic rings. The van der Waals surface area contributed by atoms with Crippen molar-refractivity contribution in [2.24, 2.45) is 0 Å². The average Bonchev–Trinajstić information content (AvgIpc) is 3.45. The van der Waals surface area contributed by atoms with Crippen LogP contribution in [0.4, 0.5) is 0 Å². The minimum Gasteiger partial charge on any atom is -0.457 e. The average molecular weight is 465 g/mol. The summed E-state index contributed by atoms with van der Waals surface area (Å²) in [5.41, 5.74) is 2.79. The van der Waals surface area contributed by atoms with Crippen LogP contribution < -0.4 is 4.74 Å². The maximum atomic E-state index is 12.0. The van der Waals surface area contributed by atoms with Crippen molar-refractivity contribution in [2.45, 2.75) is 30.9 Å². The lowest BCUT2D eigenvalue weighted by Crippen LogP contribution is -2.06. The molecule has 4 heterocycles. The molecule has 5 rings (SSSR count). The lowest BCUT2D eigenvalue weighted by Gasteiger charge is -2.15. The van der Waals surface area contributed by atoms with Crippen molar-refractivity contribution in [2.75, 3.05) is 5.75 Å². The Morgan fingerprint density at radius 3 is 2.73 bits per heavy atom. The number of aromatic nitrogens is 4. The number of carbonyl (C=O) groups excluding carboxylic acids is 1. The van der Waals surface area contributed by atoms with Crippen LogP contribution in [0.1, 0.15) is 31.4 Å². The standard InChI is InChI=1S/C23H20N4O5S/c1-2-33(29,30)21-8-6-14(13-25-21)31-20-12-18-17(11-15(20)19-7-9-22(28)32-19)26-23(27-18)16-5-3-4-10-24-16/h3-6,8,10-13,19H,2,7,9H2,1H3,(H,26,27)/t19-/m1/s1. The molecule has 4 aromatic rings. The van der Waals surface area contributed by atoms with Crippen molar-refractivity contribution in [3.8, 4) is 23.0 Å². The molecule has 1 atom stereocenters. The normalized spacial score (nSPS) is 16.2. The Morgan fingerprint density at radius 2 is 2.06 bits per heavy atom. The fraction of sp³-hybridized carbons (Fsp3) is 0.217. The summed E-state index contributed by atoms with van der Waals surface area (Å²) in [6, 6.07) is 12.1. The summed E-state index contributed by atoms with van der Waals surface area (Å²) in [4.78, 5) is 28.0. The number of pyridine rings is 2. The molecule has 1 aromatic carbocycles. The SMILES string of the molecule is CCS(=O)(=O)c1ccc(Oc2cc3nc(-c4ccccn4)[nH]c3cc2[C@H]2CCC(=O)O2)cn1. The number of nitrogens with one attached hydrogen (secondary N) is 1. The van der Waals surface area contributed by atoms with E-state index in [9.17, 15) is 13.2 Å².